The summed E-state index contributed by atoms with van der Waals surface area (Å²) in [5.74, 6) is -0.953. The zero-order chi connectivity index (χ0) is 32.2. The van der Waals surface area contributed by atoms with Crippen LogP contribution in [0.15, 0.2) is 54.6 Å². The molecule has 0 amide bonds. The molecule has 2 aromatic carbocycles. The van der Waals surface area contributed by atoms with Crippen molar-refractivity contribution in [2.45, 2.75) is 77.0 Å². The Balaban J connectivity index is 1.78. The fourth-order valence-corrected chi connectivity index (χ4v) is 8.02. The highest BCUT2D eigenvalue weighted by Gasteiger charge is 2.44. The van der Waals surface area contributed by atoms with Crippen LogP contribution in [0, 0.1) is 8.99 Å². The molecule has 0 radical (unpaired) electrons. The summed E-state index contributed by atoms with van der Waals surface area (Å²) in [6, 6.07) is 16.1. The summed E-state index contributed by atoms with van der Waals surface area (Å²) in [7, 11) is -5.54. The maximum Gasteiger partial charge on any atom is 0.316 e. The van der Waals surface area contributed by atoms with Crippen LogP contribution in [0.5, 0.6) is 0 Å². The number of carbonyl (C=O) groups excluding carboxylic acids is 1. The highest BCUT2D eigenvalue weighted by molar-refractivity contribution is 14.1. The smallest absolute Gasteiger partial charge is 0.316 e. The third kappa shape index (κ3) is 8.86. The van der Waals surface area contributed by atoms with Gasteiger partial charge in [0, 0.05) is 19.7 Å². The fraction of sp³-hybridized carbons (Fsp3) is 0.581. The number of carbonyl (C=O) groups is 1. The second-order valence-electron chi connectivity index (χ2n) is 12.5. The first-order chi connectivity index (χ1) is 19.8. The third-order valence-electron chi connectivity index (χ3n) is 8.14. The van der Waals surface area contributed by atoms with Crippen LogP contribution in [-0.2, 0) is 40.6 Å². The summed E-state index contributed by atoms with van der Waals surface area (Å²) < 4.78 is 70.2. The highest BCUT2D eigenvalue weighted by Crippen LogP contribution is 2.40. The van der Waals surface area contributed by atoms with E-state index in [0.29, 0.717) is 18.4 Å². The second kappa shape index (κ2) is 13.4. The van der Waals surface area contributed by atoms with Gasteiger partial charge < -0.3 is 13.9 Å². The number of rotatable bonds is 14. The van der Waals surface area contributed by atoms with Gasteiger partial charge in [0.2, 0.25) is 0 Å². The Labute approximate surface area is 260 Å². The molecule has 0 N–H and O–H groups in total. The molecule has 40 heavy (non-hydrogen) atoms. The number of halogens is 1. The Morgan fingerprint density at radius 3 is 2.40 bits per heavy atom. The number of sulfone groups is 1. The Morgan fingerprint density at radius 2 is 1.82 bits per heavy atom. The number of esters is 1. The van der Waals surface area contributed by atoms with Crippen molar-refractivity contribution in [3.05, 3.63) is 69.3 Å². The van der Waals surface area contributed by atoms with Gasteiger partial charge in [0.25, 0.3) is 0 Å². The molecule has 6 nitrogen and oxygen atoms in total. The van der Waals surface area contributed by atoms with Crippen molar-refractivity contribution in [1.82, 2.24) is 0 Å². The molecule has 0 bridgehead atoms. The van der Waals surface area contributed by atoms with E-state index >= 15 is 0 Å². The molecule has 1 aliphatic heterocycles. The van der Waals surface area contributed by atoms with Crippen LogP contribution in [0.3, 0.4) is 0 Å². The number of ether oxygens (including phenoxy) is 2. The molecule has 1 unspecified atom stereocenters. The first-order valence-corrected chi connectivity index (χ1v) is 19.5. The molecule has 1 fully saturated rings. The van der Waals surface area contributed by atoms with Gasteiger partial charge in [-0.3, -0.25) is 4.79 Å². The van der Waals surface area contributed by atoms with E-state index in [2.05, 4.69) is 56.5 Å². The standard InChI is InChI=1S/C31H45IO6SSi/c1-29(2,3)40(5,6)38-18-19-39(34,35)24-31(22-36-23-31)17-11-16-30(4,26-14-10-15-27(32)20-26)28(33)37-21-25-12-8-7-9-13-25/h7-10,12-15,20H,11,16-19,21-24H2,1-6H3/i4D3. The molecule has 9 heteroatoms. The first kappa shape index (κ1) is 28.8. The largest absolute Gasteiger partial charge is 0.460 e. The first-order valence-electron chi connectivity index (χ1n) is 15.2. The minimum atomic E-state index is -3.46. The van der Waals surface area contributed by atoms with Gasteiger partial charge in [-0.05, 0) is 83.7 Å². The summed E-state index contributed by atoms with van der Waals surface area (Å²) in [6.07, 6.45) is 0.695. The number of hydrogen-bond donors (Lipinski definition) is 0. The van der Waals surface area contributed by atoms with Gasteiger partial charge in [0.05, 0.1) is 30.1 Å². The van der Waals surface area contributed by atoms with Crippen LogP contribution in [0.25, 0.3) is 0 Å². The molecule has 0 saturated carbocycles. The molecular formula is C31H45IO6SSi. The van der Waals surface area contributed by atoms with Crippen LogP contribution in [0.2, 0.25) is 18.1 Å². The van der Waals surface area contributed by atoms with Crippen LogP contribution in [0.1, 0.15) is 62.1 Å². The zero-order valence-electron chi connectivity index (χ0n) is 27.3. The normalized spacial score (nSPS) is 18.5. The van der Waals surface area contributed by atoms with E-state index in [-0.39, 0.29) is 49.4 Å². The maximum atomic E-state index is 13.8. The fourth-order valence-electron chi connectivity index (χ4n) is 4.56. The highest BCUT2D eigenvalue weighted by atomic mass is 127. The predicted molar refractivity (Wildman–Crippen MR) is 172 cm³/mol. The van der Waals surface area contributed by atoms with Gasteiger partial charge in [0.15, 0.2) is 18.2 Å². The molecular weight excluding hydrogens is 655 g/mol. The van der Waals surface area contributed by atoms with Gasteiger partial charge in [-0.25, -0.2) is 8.42 Å². The van der Waals surface area contributed by atoms with E-state index in [9.17, 15) is 13.2 Å². The van der Waals surface area contributed by atoms with E-state index < -0.39 is 41.8 Å². The Hall–Kier alpha value is -1.27. The van der Waals surface area contributed by atoms with Gasteiger partial charge in [-0.1, -0.05) is 69.7 Å². The Bertz CT molecular complexity index is 1340. The quantitative estimate of drug-likeness (QED) is 0.121. The Kier molecular flexibility index (Phi) is 9.63. The summed E-state index contributed by atoms with van der Waals surface area (Å²) in [6.45, 7) is 8.47. The van der Waals surface area contributed by atoms with Crippen molar-refractivity contribution in [2.75, 3.05) is 31.3 Å². The molecule has 222 valence electrons. The van der Waals surface area contributed by atoms with Crippen molar-refractivity contribution in [1.29, 1.82) is 0 Å². The van der Waals surface area contributed by atoms with Gasteiger partial charge >= 0.3 is 5.97 Å². The van der Waals surface area contributed by atoms with Gasteiger partial charge in [0.1, 0.15) is 6.61 Å². The van der Waals surface area contributed by atoms with Crippen LogP contribution in [0.4, 0.5) is 0 Å². The lowest BCUT2D eigenvalue weighted by Gasteiger charge is -2.42. The molecule has 0 spiro atoms. The SMILES string of the molecule is [2H]C([2H])([2H])C(CCCC1(CS(=O)(=O)CCO[Si](C)(C)C(C)(C)C)COC1)(C(=O)OCc1ccccc1)c1cccc(I)c1. The van der Waals surface area contributed by atoms with Crippen molar-refractivity contribution < 1.29 is 31.2 Å². The lowest BCUT2D eigenvalue weighted by molar-refractivity contribution is -0.152. The topological polar surface area (TPSA) is 78.9 Å². The van der Waals surface area contributed by atoms with E-state index in [1.165, 1.54) is 0 Å². The van der Waals surface area contributed by atoms with Crippen molar-refractivity contribution >= 4 is 46.7 Å². The van der Waals surface area contributed by atoms with Crippen molar-refractivity contribution in [3.63, 3.8) is 0 Å². The molecule has 3 rings (SSSR count). The minimum absolute atomic E-state index is 0.0197. The summed E-state index contributed by atoms with van der Waals surface area (Å²) in [4.78, 5) is 13.8. The molecule has 1 heterocycles. The maximum absolute atomic E-state index is 13.8. The zero-order valence-corrected chi connectivity index (χ0v) is 28.3. The lowest BCUT2D eigenvalue weighted by atomic mass is 9.75. The molecule has 0 aliphatic carbocycles. The van der Waals surface area contributed by atoms with E-state index in [1.807, 2.05) is 36.4 Å². The predicted octanol–water partition coefficient (Wildman–Crippen LogP) is 6.92. The molecule has 1 aliphatic rings. The summed E-state index contributed by atoms with van der Waals surface area (Å²) in [5, 5.41) is -0.0197. The number of hydrogen-bond acceptors (Lipinski definition) is 6. The van der Waals surface area contributed by atoms with Crippen LogP contribution >= 0.6 is 22.6 Å². The Morgan fingerprint density at radius 1 is 1.12 bits per heavy atom. The van der Waals surface area contributed by atoms with Crippen LogP contribution < -0.4 is 0 Å². The third-order valence-corrected chi connectivity index (χ3v) is 15.2. The molecule has 1 saturated heterocycles. The van der Waals surface area contributed by atoms with E-state index in [0.717, 1.165) is 9.13 Å². The molecule has 0 aromatic heterocycles. The van der Waals surface area contributed by atoms with E-state index in [1.54, 1.807) is 18.2 Å². The average Bonchev–Trinajstić information content (AvgIpc) is 2.87. The van der Waals surface area contributed by atoms with Gasteiger partial charge in [-0.2, -0.15) is 0 Å². The second-order valence-corrected chi connectivity index (χ2v) is 20.8. The lowest BCUT2D eigenvalue weighted by Crippen LogP contribution is -2.49. The molecule has 2 aromatic rings. The average molecular weight is 704 g/mol. The number of benzene rings is 2. The summed E-state index contributed by atoms with van der Waals surface area (Å²) in [5.41, 5.74) is -1.42. The van der Waals surface area contributed by atoms with E-state index in [4.69, 9.17) is 18.0 Å². The minimum Gasteiger partial charge on any atom is -0.460 e. The van der Waals surface area contributed by atoms with Crippen LogP contribution in [-0.4, -0.2) is 54.0 Å². The van der Waals surface area contributed by atoms with Crippen molar-refractivity contribution in [2.24, 2.45) is 5.41 Å². The van der Waals surface area contributed by atoms with Crippen molar-refractivity contribution in [3.8, 4) is 0 Å². The summed E-state index contributed by atoms with van der Waals surface area (Å²) >= 11 is 2.10. The monoisotopic (exact) mass is 703 g/mol. The van der Waals surface area contributed by atoms with Gasteiger partial charge in [-0.15, -0.1) is 0 Å². The molecule has 1 atom stereocenters.